The van der Waals surface area contributed by atoms with Gasteiger partial charge in [0.05, 0.1) is 0 Å². The normalized spacial score (nSPS) is 14.5. The third-order valence-electron chi connectivity index (χ3n) is 5.21. The third-order valence-corrected chi connectivity index (χ3v) is 5.21. The highest BCUT2D eigenvalue weighted by Gasteiger charge is 2.16. The van der Waals surface area contributed by atoms with Crippen molar-refractivity contribution in [2.24, 2.45) is 17.8 Å². The quantitative estimate of drug-likeness (QED) is 0.251. The first-order valence-electron chi connectivity index (χ1n) is 10.6. The molecule has 0 bridgehead atoms. The van der Waals surface area contributed by atoms with Crippen LogP contribution in [-0.4, -0.2) is 0 Å². The molecule has 134 valence electrons. The summed E-state index contributed by atoms with van der Waals surface area (Å²) < 4.78 is 0. The van der Waals surface area contributed by atoms with Crippen LogP contribution >= 0.6 is 0 Å². The lowest BCUT2D eigenvalue weighted by molar-refractivity contribution is 0.283. The van der Waals surface area contributed by atoms with Crippen molar-refractivity contribution in [3.63, 3.8) is 0 Å². The summed E-state index contributed by atoms with van der Waals surface area (Å²) in [6.45, 7) is 11.8. The summed E-state index contributed by atoms with van der Waals surface area (Å²) in [6, 6.07) is 0. The van der Waals surface area contributed by atoms with Crippen LogP contribution in [0.2, 0.25) is 0 Å². The Morgan fingerprint density at radius 3 is 1.41 bits per heavy atom. The molecule has 0 heteroatoms. The van der Waals surface area contributed by atoms with Crippen molar-refractivity contribution >= 4 is 0 Å². The SMILES string of the molecule is CCCCCC(CCCC)CC(CCCC)CCCC(C)C. The van der Waals surface area contributed by atoms with E-state index in [1.54, 1.807) is 0 Å². The Kier molecular flexibility index (Phi) is 15.9. The van der Waals surface area contributed by atoms with Crippen LogP contribution in [0.4, 0.5) is 0 Å². The summed E-state index contributed by atoms with van der Waals surface area (Å²) in [7, 11) is 0. The van der Waals surface area contributed by atoms with Gasteiger partial charge in [0.1, 0.15) is 0 Å². The Bertz CT molecular complexity index is 206. The van der Waals surface area contributed by atoms with Gasteiger partial charge in [-0.25, -0.2) is 0 Å². The molecule has 0 heterocycles. The molecule has 0 fully saturated rings. The number of hydrogen-bond acceptors (Lipinski definition) is 0. The predicted molar refractivity (Wildman–Crippen MR) is 103 cm³/mol. The van der Waals surface area contributed by atoms with Crippen molar-refractivity contribution in [1.29, 1.82) is 0 Å². The Morgan fingerprint density at radius 2 is 0.955 bits per heavy atom. The second-order valence-corrected chi connectivity index (χ2v) is 8.07. The summed E-state index contributed by atoms with van der Waals surface area (Å²) in [4.78, 5) is 0. The van der Waals surface area contributed by atoms with E-state index in [1.807, 2.05) is 0 Å². The fraction of sp³-hybridized carbons (Fsp3) is 1.00. The van der Waals surface area contributed by atoms with E-state index in [0.717, 1.165) is 17.8 Å². The average molecular weight is 311 g/mol. The minimum Gasteiger partial charge on any atom is -0.0654 e. The van der Waals surface area contributed by atoms with Crippen LogP contribution in [0.25, 0.3) is 0 Å². The Balaban J connectivity index is 4.28. The van der Waals surface area contributed by atoms with E-state index in [4.69, 9.17) is 0 Å². The molecule has 0 aromatic heterocycles. The van der Waals surface area contributed by atoms with Gasteiger partial charge in [0.2, 0.25) is 0 Å². The lowest BCUT2D eigenvalue weighted by atomic mass is 9.82. The Hall–Kier alpha value is 0. The van der Waals surface area contributed by atoms with Gasteiger partial charge in [0, 0.05) is 0 Å². The maximum Gasteiger partial charge on any atom is -0.0412 e. The lowest BCUT2D eigenvalue weighted by Gasteiger charge is -2.24. The molecule has 22 heavy (non-hydrogen) atoms. The van der Waals surface area contributed by atoms with E-state index in [-0.39, 0.29) is 0 Å². The highest BCUT2D eigenvalue weighted by atomic mass is 14.2. The molecule has 0 aliphatic rings. The molecule has 0 nitrogen and oxygen atoms in total. The molecule has 0 aliphatic carbocycles. The number of hydrogen-bond donors (Lipinski definition) is 0. The van der Waals surface area contributed by atoms with Crippen molar-refractivity contribution in [2.75, 3.05) is 0 Å². The Labute approximate surface area is 142 Å². The van der Waals surface area contributed by atoms with Crippen molar-refractivity contribution in [1.82, 2.24) is 0 Å². The lowest BCUT2D eigenvalue weighted by Crippen LogP contribution is -2.10. The fourth-order valence-electron chi connectivity index (χ4n) is 3.71. The van der Waals surface area contributed by atoms with Crippen molar-refractivity contribution in [3.8, 4) is 0 Å². The first kappa shape index (κ1) is 22.0. The van der Waals surface area contributed by atoms with Gasteiger partial charge in [-0.2, -0.15) is 0 Å². The summed E-state index contributed by atoms with van der Waals surface area (Å²) in [5, 5.41) is 0. The third kappa shape index (κ3) is 13.6. The smallest absolute Gasteiger partial charge is 0.0412 e. The van der Waals surface area contributed by atoms with Gasteiger partial charge < -0.3 is 0 Å². The van der Waals surface area contributed by atoms with Crippen LogP contribution in [0.1, 0.15) is 125 Å². The molecule has 0 spiro atoms. The van der Waals surface area contributed by atoms with Crippen molar-refractivity contribution in [3.05, 3.63) is 0 Å². The zero-order valence-electron chi connectivity index (χ0n) is 16.6. The highest BCUT2D eigenvalue weighted by molar-refractivity contribution is 4.68. The highest BCUT2D eigenvalue weighted by Crippen LogP contribution is 2.30. The van der Waals surface area contributed by atoms with Crippen LogP contribution in [0, 0.1) is 17.8 Å². The molecule has 2 atom stereocenters. The molecule has 0 radical (unpaired) electrons. The molecule has 0 saturated carbocycles. The second kappa shape index (κ2) is 15.9. The van der Waals surface area contributed by atoms with Gasteiger partial charge in [0.25, 0.3) is 0 Å². The van der Waals surface area contributed by atoms with E-state index in [0.29, 0.717) is 0 Å². The van der Waals surface area contributed by atoms with E-state index >= 15 is 0 Å². The summed E-state index contributed by atoms with van der Waals surface area (Å²) in [6.07, 6.45) is 20.3. The average Bonchev–Trinajstić information content (AvgIpc) is 2.49. The molecule has 0 aromatic carbocycles. The maximum absolute atomic E-state index is 2.37. The topological polar surface area (TPSA) is 0 Å². The first-order valence-corrected chi connectivity index (χ1v) is 10.6. The van der Waals surface area contributed by atoms with Crippen LogP contribution in [0.15, 0.2) is 0 Å². The van der Waals surface area contributed by atoms with Gasteiger partial charge in [-0.15, -0.1) is 0 Å². The molecule has 0 saturated heterocycles. The first-order chi connectivity index (χ1) is 10.6. The molecule has 0 aliphatic heterocycles. The van der Waals surface area contributed by atoms with Gasteiger partial charge in [-0.1, -0.05) is 118 Å². The molecular formula is C22H46. The number of rotatable bonds is 16. The monoisotopic (exact) mass is 310 g/mol. The van der Waals surface area contributed by atoms with Crippen LogP contribution < -0.4 is 0 Å². The predicted octanol–water partition coefficient (Wildman–Crippen LogP) is 8.40. The van der Waals surface area contributed by atoms with E-state index in [1.165, 1.54) is 89.9 Å². The molecule has 0 aromatic rings. The van der Waals surface area contributed by atoms with Crippen molar-refractivity contribution in [2.45, 2.75) is 125 Å². The maximum atomic E-state index is 2.37. The second-order valence-electron chi connectivity index (χ2n) is 8.07. The zero-order valence-corrected chi connectivity index (χ0v) is 16.6. The van der Waals surface area contributed by atoms with Gasteiger partial charge in [0.15, 0.2) is 0 Å². The standard InChI is InChI=1S/C22H46/c1-6-9-12-17-21(15-10-7-2)19-22(16-11-8-3)18-13-14-20(4)5/h20-22H,6-19H2,1-5H3. The molecule has 2 unspecified atom stereocenters. The van der Waals surface area contributed by atoms with E-state index in [9.17, 15) is 0 Å². The molecular weight excluding hydrogens is 264 g/mol. The van der Waals surface area contributed by atoms with Crippen LogP contribution in [0.5, 0.6) is 0 Å². The fourth-order valence-corrected chi connectivity index (χ4v) is 3.71. The summed E-state index contributed by atoms with van der Waals surface area (Å²) in [5.74, 6) is 2.92. The van der Waals surface area contributed by atoms with E-state index < -0.39 is 0 Å². The minimum atomic E-state index is 0.882. The molecule has 0 amide bonds. The van der Waals surface area contributed by atoms with Crippen molar-refractivity contribution < 1.29 is 0 Å². The van der Waals surface area contributed by atoms with E-state index in [2.05, 4.69) is 34.6 Å². The van der Waals surface area contributed by atoms with Crippen LogP contribution in [0.3, 0.4) is 0 Å². The number of unbranched alkanes of at least 4 members (excludes halogenated alkanes) is 4. The van der Waals surface area contributed by atoms with Gasteiger partial charge >= 0.3 is 0 Å². The minimum absolute atomic E-state index is 0.882. The van der Waals surface area contributed by atoms with Gasteiger partial charge in [-0.3, -0.25) is 0 Å². The van der Waals surface area contributed by atoms with Gasteiger partial charge in [-0.05, 0) is 24.2 Å². The Morgan fingerprint density at radius 1 is 0.500 bits per heavy atom. The summed E-state index contributed by atoms with van der Waals surface area (Å²) in [5.41, 5.74) is 0. The largest absolute Gasteiger partial charge is 0.0654 e. The molecule has 0 N–H and O–H groups in total. The molecule has 0 rings (SSSR count). The summed E-state index contributed by atoms with van der Waals surface area (Å²) >= 11 is 0. The zero-order chi connectivity index (χ0) is 16.6. The van der Waals surface area contributed by atoms with Crippen LogP contribution in [-0.2, 0) is 0 Å².